The third kappa shape index (κ3) is 7.20. The lowest BCUT2D eigenvalue weighted by Crippen LogP contribution is -2.37. The number of hydrogen-bond donors (Lipinski definition) is 3. The number of halogens is 1. The predicted molar refractivity (Wildman–Crippen MR) is 117 cm³/mol. The van der Waals surface area contributed by atoms with Crippen LogP contribution < -0.4 is 15.4 Å². The normalized spacial score (nSPS) is 20.2. The van der Waals surface area contributed by atoms with Crippen LogP contribution in [0, 0.1) is 5.92 Å². The summed E-state index contributed by atoms with van der Waals surface area (Å²) in [5, 5.41) is 6.55. The average molecular weight is 508 g/mol. The summed E-state index contributed by atoms with van der Waals surface area (Å²) in [4.78, 5) is 4.47. The first-order valence-electron chi connectivity index (χ1n) is 9.21. The van der Waals surface area contributed by atoms with Gasteiger partial charge in [-0.05, 0) is 49.3 Å². The first-order chi connectivity index (χ1) is 12.6. The topological polar surface area (TPSA) is 91.8 Å². The highest BCUT2D eigenvalue weighted by molar-refractivity contribution is 14.0. The molecule has 0 spiro atoms. The van der Waals surface area contributed by atoms with Crippen molar-refractivity contribution in [1.82, 2.24) is 15.4 Å². The molecular weight excluding hydrogens is 479 g/mol. The van der Waals surface area contributed by atoms with Crippen LogP contribution in [0.1, 0.15) is 31.2 Å². The van der Waals surface area contributed by atoms with Gasteiger partial charge in [-0.2, -0.15) is 0 Å². The van der Waals surface area contributed by atoms with E-state index in [1.54, 1.807) is 19.2 Å². The molecule has 1 saturated carbocycles. The minimum Gasteiger partial charge on any atom is -0.377 e. The lowest BCUT2D eigenvalue weighted by atomic mass is 10.2. The Morgan fingerprint density at radius 3 is 2.48 bits per heavy atom. The number of hydrogen-bond acceptors (Lipinski definition) is 4. The summed E-state index contributed by atoms with van der Waals surface area (Å²) < 4.78 is 32.8. The second-order valence-corrected chi connectivity index (χ2v) is 8.65. The number of nitrogens with zero attached hydrogens (tertiary/aromatic N) is 1. The van der Waals surface area contributed by atoms with Gasteiger partial charge >= 0.3 is 0 Å². The Morgan fingerprint density at radius 2 is 1.89 bits per heavy atom. The summed E-state index contributed by atoms with van der Waals surface area (Å²) in [6.45, 7) is 2.59. The van der Waals surface area contributed by atoms with Gasteiger partial charge in [0.25, 0.3) is 0 Å². The molecule has 27 heavy (non-hydrogen) atoms. The summed E-state index contributed by atoms with van der Waals surface area (Å²) in [7, 11) is -1.75. The molecule has 152 valence electrons. The Bertz CT molecular complexity index is 715. The number of guanidine groups is 1. The molecule has 1 saturated heterocycles. The fraction of sp³-hybridized carbons (Fsp3) is 0.611. The number of benzene rings is 1. The molecule has 1 aromatic rings. The van der Waals surface area contributed by atoms with E-state index in [4.69, 9.17) is 4.74 Å². The van der Waals surface area contributed by atoms with Crippen molar-refractivity contribution in [3.05, 3.63) is 29.8 Å². The Labute approximate surface area is 178 Å². The van der Waals surface area contributed by atoms with Crippen molar-refractivity contribution in [2.45, 2.75) is 43.2 Å². The van der Waals surface area contributed by atoms with Crippen LogP contribution in [0.3, 0.4) is 0 Å². The van der Waals surface area contributed by atoms with Crippen LogP contribution in [-0.4, -0.2) is 47.2 Å². The van der Waals surface area contributed by atoms with Crippen LogP contribution in [0.5, 0.6) is 0 Å². The fourth-order valence-corrected chi connectivity index (χ4v) is 3.91. The molecule has 3 N–H and O–H groups in total. The zero-order chi connectivity index (χ0) is 18.4. The molecule has 1 atom stereocenters. The van der Waals surface area contributed by atoms with E-state index in [2.05, 4.69) is 20.3 Å². The van der Waals surface area contributed by atoms with Crippen molar-refractivity contribution in [1.29, 1.82) is 0 Å². The van der Waals surface area contributed by atoms with E-state index in [1.807, 2.05) is 12.1 Å². The number of nitrogens with one attached hydrogen (secondary N) is 3. The molecule has 1 aliphatic carbocycles. The molecule has 0 aromatic heterocycles. The van der Waals surface area contributed by atoms with Crippen molar-refractivity contribution >= 4 is 40.0 Å². The van der Waals surface area contributed by atoms with Crippen LogP contribution in [-0.2, 0) is 21.3 Å². The summed E-state index contributed by atoms with van der Waals surface area (Å²) in [5.74, 6) is 1.55. The monoisotopic (exact) mass is 508 g/mol. The zero-order valence-corrected chi connectivity index (χ0v) is 18.8. The quantitative estimate of drug-likeness (QED) is 0.283. The maximum Gasteiger partial charge on any atom is 0.240 e. The maximum absolute atomic E-state index is 12.4. The lowest BCUT2D eigenvalue weighted by Gasteiger charge is -2.13. The minimum absolute atomic E-state index is 0. The van der Waals surface area contributed by atoms with Gasteiger partial charge in [0.05, 0.1) is 11.0 Å². The van der Waals surface area contributed by atoms with Crippen molar-refractivity contribution in [2.24, 2.45) is 10.9 Å². The number of aliphatic imine (C=N–C) groups is 1. The van der Waals surface area contributed by atoms with Crippen LogP contribution in [0.4, 0.5) is 0 Å². The fourth-order valence-electron chi connectivity index (χ4n) is 2.85. The van der Waals surface area contributed by atoms with Crippen LogP contribution in [0.15, 0.2) is 34.2 Å². The van der Waals surface area contributed by atoms with Gasteiger partial charge in [0.15, 0.2) is 5.96 Å². The van der Waals surface area contributed by atoms with E-state index < -0.39 is 10.0 Å². The van der Waals surface area contributed by atoms with Gasteiger partial charge in [0.2, 0.25) is 10.0 Å². The smallest absolute Gasteiger partial charge is 0.240 e. The number of sulfonamides is 1. The largest absolute Gasteiger partial charge is 0.377 e. The lowest BCUT2D eigenvalue weighted by molar-refractivity contribution is 0.114. The molecule has 1 unspecified atom stereocenters. The van der Waals surface area contributed by atoms with Crippen LogP contribution in [0.2, 0.25) is 0 Å². The molecule has 3 rings (SSSR count). The molecule has 7 nitrogen and oxygen atoms in total. The van der Waals surface area contributed by atoms with Crippen molar-refractivity contribution in [3.8, 4) is 0 Å². The minimum atomic E-state index is -3.50. The molecule has 1 aromatic carbocycles. The second kappa shape index (κ2) is 10.6. The molecular formula is C18H29IN4O3S. The van der Waals surface area contributed by atoms with E-state index in [1.165, 1.54) is 12.8 Å². The molecule has 0 amide bonds. The second-order valence-electron chi connectivity index (χ2n) is 6.88. The predicted octanol–water partition coefficient (Wildman–Crippen LogP) is 1.84. The van der Waals surface area contributed by atoms with Gasteiger partial charge in [-0.1, -0.05) is 12.1 Å². The SMILES string of the molecule is CN=C(NCc1ccc(S(=O)(=O)NCC2CCCO2)cc1)NCC1CC1.I. The first kappa shape index (κ1) is 22.4. The van der Waals surface area contributed by atoms with E-state index in [0.717, 1.165) is 36.8 Å². The Balaban J connectivity index is 0.00000261. The average Bonchev–Trinajstić information content (AvgIpc) is 3.33. The van der Waals surface area contributed by atoms with Gasteiger partial charge in [-0.25, -0.2) is 13.1 Å². The van der Waals surface area contributed by atoms with Gasteiger partial charge < -0.3 is 15.4 Å². The third-order valence-electron chi connectivity index (χ3n) is 4.70. The van der Waals surface area contributed by atoms with E-state index in [9.17, 15) is 8.42 Å². The Kier molecular flexibility index (Phi) is 8.77. The summed E-state index contributed by atoms with van der Waals surface area (Å²) in [6, 6.07) is 6.91. The van der Waals surface area contributed by atoms with Crippen molar-refractivity contribution in [2.75, 3.05) is 26.7 Å². The van der Waals surface area contributed by atoms with Gasteiger partial charge in [-0.15, -0.1) is 24.0 Å². The highest BCUT2D eigenvalue weighted by atomic mass is 127. The van der Waals surface area contributed by atoms with E-state index in [0.29, 0.717) is 19.7 Å². The van der Waals surface area contributed by atoms with Gasteiger partial charge in [-0.3, -0.25) is 4.99 Å². The zero-order valence-electron chi connectivity index (χ0n) is 15.6. The standard InChI is InChI=1S/C18H28N4O3S.HI/c1-19-18(20-11-14-4-5-14)21-12-15-6-8-17(9-7-15)26(23,24)22-13-16-3-2-10-25-16;/h6-9,14,16,22H,2-5,10-13H2,1H3,(H2,19,20,21);1H. The van der Waals surface area contributed by atoms with Crippen LogP contribution in [0.25, 0.3) is 0 Å². The number of rotatable bonds is 8. The summed E-state index contributed by atoms with van der Waals surface area (Å²) in [6.07, 6.45) is 4.47. The summed E-state index contributed by atoms with van der Waals surface area (Å²) >= 11 is 0. The van der Waals surface area contributed by atoms with Crippen LogP contribution >= 0.6 is 24.0 Å². The molecule has 0 radical (unpaired) electrons. The molecule has 2 fully saturated rings. The van der Waals surface area contributed by atoms with Crippen molar-refractivity contribution in [3.63, 3.8) is 0 Å². The molecule has 1 aliphatic heterocycles. The Morgan fingerprint density at radius 1 is 1.15 bits per heavy atom. The maximum atomic E-state index is 12.4. The number of ether oxygens (including phenoxy) is 1. The third-order valence-corrected chi connectivity index (χ3v) is 6.14. The first-order valence-corrected chi connectivity index (χ1v) is 10.7. The highest BCUT2D eigenvalue weighted by Crippen LogP contribution is 2.27. The molecule has 9 heteroatoms. The van der Waals surface area contributed by atoms with E-state index >= 15 is 0 Å². The van der Waals surface area contributed by atoms with Gasteiger partial charge in [0, 0.05) is 33.3 Å². The van der Waals surface area contributed by atoms with Gasteiger partial charge in [0.1, 0.15) is 0 Å². The van der Waals surface area contributed by atoms with Crippen molar-refractivity contribution < 1.29 is 13.2 Å². The molecule has 2 aliphatic rings. The Hall–Kier alpha value is -0.910. The highest BCUT2D eigenvalue weighted by Gasteiger charge is 2.21. The molecule has 1 heterocycles. The van der Waals surface area contributed by atoms with E-state index in [-0.39, 0.29) is 35.0 Å². The molecule has 0 bridgehead atoms. The summed E-state index contributed by atoms with van der Waals surface area (Å²) in [5.41, 5.74) is 0.998.